The predicted octanol–water partition coefficient (Wildman–Crippen LogP) is 6.03. The molecule has 2 aromatic heterocycles. The van der Waals surface area contributed by atoms with E-state index in [1.807, 2.05) is 0 Å². The summed E-state index contributed by atoms with van der Waals surface area (Å²) in [7, 11) is 0. The van der Waals surface area contributed by atoms with Crippen molar-refractivity contribution in [3.8, 4) is 11.8 Å². The summed E-state index contributed by atoms with van der Waals surface area (Å²) in [6, 6.07) is 3.36. The summed E-state index contributed by atoms with van der Waals surface area (Å²) >= 11 is 15.3. The van der Waals surface area contributed by atoms with Gasteiger partial charge in [-0.2, -0.15) is 18.3 Å². The average molecular weight is 470 g/mol. The Labute approximate surface area is 164 Å². The Balaban J connectivity index is 1.97. The van der Waals surface area contributed by atoms with E-state index in [1.54, 1.807) is 12.1 Å². The van der Waals surface area contributed by atoms with Gasteiger partial charge in [0.1, 0.15) is 5.52 Å². The number of hydrogen-bond donors (Lipinski definition) is 0. The second kappa shape index (κ2) is 7.58. The van der Waals surface area contributed by atoms with Gasteiger partial charge in [0.05, 0.1) is 22.8 Å². The zero-order valence-corrected chi connectivity index (χ0v) is 16.0. The van der Waals surface area contributed by atoms with Crippen molar-refractivity contribution in [2.75, 3.05) is 0 Å². The second-order valence-corrected chi connectivity index (χ2v) is 6.94. The lowest BCUT2D eigenvalue weighted by atomic mass is 10.2. The molecule has 0 atom stereocenters. The number of aryl methyl sites for hydroxylation is 1. The van der Waals surface area contributed by atoms with Gasteiger partial charge >= 0.3 is 12.2 Å². The first-order valence-electron chi connectivity index (χ1n) is 7.31. The lowest BCUT2D eigenvalue weighted by Gasteiger charge is -2.10. The molecule has 0 bridgehead atoms. The first-order chi connectivity index (χ1) is 12.2. The molecule has 0 aliphatic heterocycles. The fraction of sp³-hybridized carbons (Fsp3) is 0.267. The Bertz CT molecular complexity index is 931. The van der Waals surface area contributed by atoms with Crippen LogP contribution in [-0.2, 0) is 6.54 Å². The number of benzene rings is 1. The Morgan fingerprint density at radius 1 is 1.15 bits per heavy atom. The topological polar surface area (TPSA) is 52.8 Å². The number of alkyl halides is 3. The van der Waals surface area contributed by atoms with Crippen molar-refractivity contribution >= 4 is 50.0 Å². The van der Waals surface area contributed by atoms with Crippen LogP contribution in [0.15, 0.2) is 29.0 Å². The smallest absolute Gasteiger partial charge is 0.389 e. The van der Waals surface area contributed by atoms with Gasteiger partial charge in [-0.25, -0.2) is 9.97 Å². The van der Waals surface area contributed by atoms with Crippen LogP contribution < -0.4 is 4.74 Å². The fourth-order valence-electron chi connectivity index (χ4n) is 2.33. The normalized spacial score (nSPS) is 11.9. The van der Waals surface area contributed by atoms with Gasteiger partial charge in [-0.1, -0.05) is 23.2 Å². The summed E-state index contributed by atoms with van der Waals surface area (Å²) in [5.74, 6) is 0.317. The molecule has 2 heterocycles. The lowest BCUT2D eigenvalue weighted by Crippen LogP contribution is -2.10. The number of fused-ring (bicyclic) bond motifs is 1. The Kier molecular flexibility index (Phi) is 5.59. The van der Waals surface area contributed by atoms with Crippen LogP contribution in [0.25, 0.3) is 10.9 Å². The third-order valence-corrected chi connectivity index (χ3v) is 4.51. The van der Waals surface area contributed by atoms with Crippen molar-refractivity contribution in [1.82, 2.24) is 19.7 Å². The molecule has 5 nitrogen and oxygen atoms in total. The first kappa shape index (κ1) is 19.2. The van der Waals surface area contributed by atoms with Crippen LogP contribution in [0.3, 0.4) is 0 Å². The highest BCUT2D eigenvalue weighted by Crippen LogP contribution is 2.38. The van der Waals surface area contributed by atoms with Crippen molar-refractivity contribution in [2.45, 2.75) is 25.6 Å². The zero-order valence-electron chi connectivity index (χ0n) is 12.9. The number of aromatic nitrogens is 4. The minimum absolute atomic E-state index is 0.0248. The second-order valence-electron chi connectivity index (χ2n) is 5.29. The summed E-state index contributed by atoms with van der Waals surface area (Å²) in [6.45, 7) is 0.0248. The molecule has 0 fully saturated rings. The van der Waals surface area contributed by atoms with E-state index in [0.29, 0.717) is 26.1 Å². The van der Waals surface area contributed by atoms with Gasteiger partial charge in [0.2, 0.25) is 0 Å². The highest BCUT2D eigenvalue weighted by Gasteiger charge is 2.26. The minimum atomic E-state index is -4.23. The van der Waals surface area contributed by atoms with Crippen LogP contribution in [0.4, 0.5) is 13.2 Å². The van der Waals surface area contributed by atoms with Gasteiger partial charge < -0.3 is 4.74 Å². The molecule has 1 aromatic carbocycles. The number of hydrogen-bond acceptors (Lipinski definition) is 4. The Morgan fingerprint density at radius 2 is 1.85 bits per heavy atom. The van der Waals surface area contributed by atoms with E-state index in [1.165, 1.54) is 17.1 Å². The van der Waals surface area contributed by atoms with E-state index in [4.69, 9.17) is 27.9 Å². The third-order valence-electron chi connectivity index (χ3n) is 3.39. The van der Waals surface area contributed by atoms with Crippen molar-refractivity contribution in [2.24, 2.45) is 0 Å². The van der Waals surface area contributed by atoms with Crippen LogP contribution in [0, 0.1) is 0 Å². The van der Waals surface area contributed by atoms with E-state index >= 15 is 0 Å². The van der Waals surface area contributed by atoms with E-state index in [0.717, 1.165) is 0 Å². The standard InChI is InChI=1S/C15H10BrCl2F3N4O/c16-9-2-3-10(26-14-22-6-8(17)7-23-14)12-11(9)13(18)24-25(12)5-1-4-15(19,20)21/h2-3,6-7H,1,4-5H2. The van der Waals surface area contributed by atoms with Crippen LogP contribution in [0.1, 0.15) is 12.8 Å². The SMILES string of the molecule is FC(F)(F)CCCn1nc(Cl)c2c(Br)ccc(Oc3ncc(Cl)cn3)c21. The van der Waals surface area contributed by atoms with Crippen molar-refractivity contribution in [1.29, 1.82) is 0 Å². The molecule has 26 heavy (non-hydrogen) atoms. The summed E-state index contributed by atoms with van der Waals surface area (Å²) < 4.78 is 45.0. The molecule has 0 aliphatic carbocycles. The Hall–Kier alpha value is -1.58. The fourth-order valence-corrected chi connectivity index (χ4v) is 3.33. The molecule has 0 N–H and O–H groups in total. The maximum absolute atomic E-state index is 12.4. The third kappa shape index (κ3) is 4.39. The number of halogens is 6. The highest BCUT2D eigenvalue weighted by molar-refractivity contribution is 9.10. The van der Waals surface area contributed by atoms with E-state index in [-0.39, 0.29) is 24.1 Å². The summed E-state index contributed by atoms with van der Waals surface area (Å²) in [6.07, 6.45) is -2.55. The van der Waals surface area contributed by atoms with Crippen LogP contribution in [-0.4, -0.2) is 25.9 Å². The van der Waals surface area contributed by atoms with Crippen LogP contribution in [0.2, 0.25) is 10.2 Å². The van der Waals surface area contributed by atoms with Gasteiger partial charge in [0.15, 0.2) is 10.9 Å². The molecule has 0 spiro atoms. The summed E-state index contributed by atoms with van der Waals surface area (Å²) in [5, 5.41) is 5.16. The molecule has 0 saturated heterocycles. The molecule has 138 valence electrons. The largest absolute Gasteiger partial charge is 0.422 e. The average Bonchev–Trinajstić information content (AvgIpc) is 2.89. The molecule has 11 heteroatoms. The Morgan fingerprint density at radius 3 is 2.50 bits per heavy atom. The van der Waals surface area contributed by atoms with Crippen molar-refractivity contribution < 1.29 is 17.9 Å². The maximum Gasteiger partial charge on any atom is 0.389 e. The molecule has 0 unspecified atom stereocenters. The highest BCUT2D eigenvalue weighted by atomic mass is 79.9. The summed E-state index contributed by atoms with van der Waals surface area (Å²) in [4.78, 5) is 7.89. The first-order valence-corrected chi connectivity index (χ1v) is 8.86. The maximum atomic E-state index is 12.4. The molecule has 0 amide bonds. The molecular weight excluding hydrogens is 460 g/mol. The molecule has 3 rings (SSSR count). The van der Waals surface area contributed by atoms with Gasteiger partial charge in [-0.15, -0.1) is 0 Å². The number of ether oxygens (including phenoxy) is 1. The molecule has 0 aliphatic rings. The monoisotopic (exact) mass is 468 g/mol. The van der Waals surface area contributed by atoms with Crippen molar-refractivity contribution in [3.63, 3.8) is 0 Å². The van der Waals surface area contributed by atoms with Crippen LogP contribution in [0.5, 0.6) is 11.8 Å². The molecule has 3 aromatic rings. The van der Waals surface area contributed by atoms with Gasteiger partial charge in [-0.3, -0.25) is 4.68 Å². The molecule has 0 radical (unpaired) electrons. The lowest BCUT2D eigenvalue weighted by molar-refractivity contribution is -0.135. The van der Waals surface area contributed by atoms with Crippen molar-refractivity contribution in [3.05, 3.63) is 39.2 Å². The summed E-state index contributed by atoms with van der Waals surface area (Å²) in [5.41, 5.74) is 0.449. The van der Waals surface area contributed by atoms with E-state index in [2.05, 4.69) is 31.0 Å². The minimum Gasteiger partial charge on any atom is -0.422 e. The number of rotatable bonds is 5. The number of nitrogens with zero attached hydrogens (tertiary/aromatic N) is 4. The van der Waals surface area contributed by atoms with Gasteiger partial charge in [0.25, 0.3) is 0 Å². The van der Waals surface area contributed by atoms with E-state index in [9.17, 15) is 13.2 Å². The quantitative estimate of drug-likeness (QED) is 0.457. The molecule has 0 saturated carbocycles. The van der Waals surface area contributed by atoms with Gasteiger partial charge in [-0.05, 0) is 34.5 Å². The van der Waals surface area contributed by atoms with E-state index < -0.39 is 12.6 Å². The van der Waals surface area contributed by atoms with Crippen LogP contribution >= 0.6 is 39.1 Å². The molecular formula is C15H10BrCl2F3N4O. The zero-order chi connectivity index (χ0) is 18.9. The van der Waals surface area contributed by atoms with Gasteiger partial charge in [0, 0.05) is 17.4 Å². The predicted molar refractivity (Wildman–Crippen MR) is 94.8 cm³/mol.